The van der Waals surface area contributed by atoms with Gasteiger partial charge in [0.15, 0.2) is 0 Å². The van der Waals surface area contributed by atoms with Gasteiger partial charge in [-0.15, -0.1) is 0 Å². The quantitative estimate of drug-likeness (QED) is 0.524. The van der Waals surface area contributed by atoms with Crippen LogP contribution >= 0.6 is 0 Å². The molecule has 0 saturated heterocycles. The minimum atomic E-state index is -0.500. The molecule has 7 heteroatoms. The zero-order chi connectivity index (χ0) is 22.2. The van der Waals surface area contributed by atoms with Gasteiger partial charge in [-0.1, -0.05) is 6.07 Å². The Hall–Kier alpha value is -4.00. The molecule has 0 saturated carbocycles. The molecule has 31 heavy (non-hydrogen) atoms. The molecule has 2 amide bonds. The average molecular weight is 420 g/mol. The molecule has 0 aliphatic rings. The third-order valence-electron chi connectivity index (χ3n) is 4.14. The van der Waals surface area contributed by atoms with Crippen LogP contribution in [0.2, 0.25) is 0 Å². The Bertz CT molecular complexity index is 1050. The van der Waals surface area contributed by atoms with E-state index in [1.54, 1.807) is 67.8 Å². The van der Waals surface area contributed by atoms with E-state index in [9.17, 15) is 9.59 Å². The van der Waals surface area contributed by atoms with Crippen LogP contribution in [0.5, 0.6) is 11.5 Å². The van der Waals surface area contributed by atoms with Gasteiger partial charge in [-0.3, -0.25) is 9.59 Å². The van der Waals surface area contributed by atoms with Gasteiger partial charge in [0.05, 0.1) is 19.5 Å². The monoisotopic (exact) mass is 420 g/mol. The van der Waals surface area contributed by atoms with Crippen molar-refractivity contribution in [3.05, 3.63) is 83.9 Å². The molecule has 7 nitrogen and oxygen atoms in total. The second-order valence-electron chi connectivity index (χ2n) is 6.90. The normalized spacial score (nSPS) is 11.2. The summed E-state index contributed by atoms with van der Waals surface area (Å²) < 4.78 is 16.1. The summed E-state index contributed by atoms with van der Waals surface area (Å²) >= 11 is 0. The molecule has 160 valence electrons. The average Bonchev–Trinajstić information content (AvgIpc) is 3.26. The summed E-state index contributed by atoms with van der Waals surface area (Å²) in [5.74, 6) is 0.750. The van der Waals surface area contributed by atoms with Gasteiger partial charge in [-0.25, -0.2) is 0 Å². The largest absolute Gasteiger partial charge is 0.497 e. The van der Waals surface area contributed by atoms with E-state index in [1.165, 1.54) is 12.3 Å². The second kappa shape index (κ2) is 10.2. The molecule has 1 heterocycles. The van der Waals surface area contributed by atoms with Crippen LogP contribution in [0.25, 0.3) is 6.08 Å². The lowest BCUT2D eigenvalue weighted by Crippen LogP contribution is -2.30. The van der Waals surface area contributed by atoms with Crippen molar-refractivity contribution in [1.29, 1.82) is 0 Å². The number of hydrogen-bond acceptors (Lipinski definition) is 5. The zero-order valence-corrected chi connectivity index (χ0v) is 17.5. The van der Waals surface area contributed by atoms with Crippen LogP contribution in [0, 0.1) is 0 Å². The fraction of sp³-hybridized carbons (Fsp3) is 0.167. The van der Waals surface area contributed by atoms with Crippen LogP contribution in [-0.4, -0.2) is 25.0 Å². The van der Waals surface area contributed by atoms with Crippen LogP contribution in [0.15, 0.2) is 77.0 Å². The molecule has 3 aromatic rings. The van der Waals surface area contributed by atoms with E-state index < -0.39 is 11.8 Å². The molecule has 0 aliphatic carbocycles. The lowest BCUT2D eigenvalue weighted by atomic mass is 10.2. The number of ether oxygens (including phenoxy) is 2. The van der Waals surface area contributed by atoms with E-state index >= 15 is 0 Å². The minimum Gasteiger partial charge on any atom is -0.497 e. The molecule has 1 aromatic heterocycles. The number of methoxy groups -OCH3 is 1. The first-order valence-corrected chi connectivity index (χ1v) is 9.73. The summed E-state index contributed by atoms with van der Waals surface area (Å²) in [5, 5.41) is 5.43. The van der Waals surface area contributed by atoms with Crippen molar-refractivity contribution in [3.8, 4) is 11.5 Å². The first-order valence-electron chi connectivity index (χ1n) is 9.73. The van der Waals surface area contributed by atoms with E-state index in [2.05, 4.69) is 10.6 Å². The Kier molecular flexibility index (Phi) is 7.11. The summed E-state index contributed by atoms with van der Waals surface area (Å²) in [5.41, 5.74) is 0.949. The standard InChI is InChI=1S/C24H24N2O5/c1-16(2)31-21-7-4-6-18(14-21)25-24(28)22(15-20-8-5-13-30-20)26-23(27)17-9-11-19(29-3)12-10-17/h4-16H,1-3H3,(H,25,28)(H,26,27)/b22-15-. The van der Waals surface area contributed by atoms with Crippen molar-refractivity contribution in [3.63, 3.8) is 0 Å². The molecule has 0 aliphatic heterocycles. The molecular formula is C24H24N2O5. The van der Waals surface area contributed by atoms with Crippen molar-refractivity contribution in [2.75, 3.05) is 12.4 Å². The number of carbonyl (C=O) groups excluding carboxylic acids is 2. The van der Waals surface area contributed by atoms with Gasteiger partial charge in [0.2, 0.25) is 0 Å². The van der Waals surface area contributed by atoms with Crippen LogP contribution < -0.4 is 20.1 Å². The fourth-order valence-corrected chi connectivity index (χ4v) is 2.73. The van der Waals surface area contributed by atoms with Gasteiger partial charge in [0, 0.05) is 23.4 Å². The van der Waals surface area contributed by atoms with Gasteiger partial charge in [0.25, 0.3) is 11.8 Å². The van der Waals surface area contributed by atoms with Crippen LogP contribution in [-0.2, 0) is 4.79 Å². The summed E-state index contributed by atoms with van der Waals surface area (Å²) in [4.78, 5) is 25.6. The van der Waals surface area contributed by atoms with Crippen LogP contribution in [0.4, 0.5) is 5.69 Å². The first kappa shape index (κ1) is 21.7. The molecular weight excluding hydrogens is 396 g/mol. The predicted molar refractivity (Wildman–Crippen MR) is 118 cm³/mol. The van der Waals surface area contributed by atoms with Crippen molar-refractivity contribution in [2.45, 2.75) is 20.0 Å². The SMILES string of the molecule is COc1ccc(C(=O)N/C(=C\c2ccco2)C(=O)Nc2cccc(OC(C)C)c2)cc1. The highest BCUT2D eigenvalue weighted by atomic mass is 16.5. The number of carbonyl (C=O) groups is 2. The number of rotatable bonds is 8. The smallest absolute Gasteiger partial charge is 0.272 e. The third kappa shape index (κ3) is 6.24. The number of nitrogens with one attached hydrogen (secondary N) is 2. The molecule has 0 fully saturated rings. The van der Waals surface area contributed by atoms with Crippen molar-refractivity contribution >= 4 is 23.6 Å². The van der Waals surface area contributed by atoms with Gasteiger partial charge < -0.3 is 24.5 Å². The maximum Gasteiger partial charge on any atom is 0.272 e. The molecule has 0 radical (unpaired) electrons. The Balaban J connectivity index is 1.80. The van der Waals surface area contributed by atoms with E-state index in [0.29, 0.717) is 28.5 Å². The predicted octanol–water partition coefficient (Wildman–Crippen LogP) is 4.49. The van der Waals surface area contributed by atoms with Gasteiger partial charge in [0.1, 0.15) is 23.0 Å². The van der Waals surface area contributed by atoms with Gasteiger partial charge in [-0.2, -0.15) is 0 Å². The Morgan fingerprint density at radius 2 is 1.77 bits per heavy atom. The van der Waals surface area contributed by atoms with Crippen molar-refractivity contribution in [1.82, 2.24) is 5.32 Å². The number of furan rings is 1. The minimum absolute atomic E-state index is 0.00384. The van der Waals surface area contributed by atoms with Crippen molar-refractivity contribution < 1.29 is 23.5 Å². The lowest BCUT2D eigenvalue weighted by Gasteiger charge is -2.13. The summed E-state index contributed by atoms with van der Waals surface area (Å²) in [6.07, 6.45) is 2.95. The number of amides is 2. The summed E-state index contributed by atoms with van der Waals surface area (Å²) in [7, 11) is 1.55. The molecule has 3 rings (SSSR count). The van der Waals surface area contributed by atoms with E-state index in [-0.39, 0.29) is 11.8 Å². The Morgan fingerprint density at radius 3 is 2.42 bits per heavy atom. The topological polar surface area (TPSA) is 89.8 Å². The van der Waals surface area contributed by atoms with E-state index in [0.717, 1.165) is 0 Å². The highest BCUT2D eigenvalue weighted by molar-refractivity contribution is 6.10. The van der Waals surface area contributed by atoms with E-state index in [4.69, 9.17) is 13.9 Å². The summed E-state index contributed by atoms with van der Waals surface area (Å²) in [6, 6.07) is 17.0. The molecule has 0 unspecified atom stereocenters. The highest BCUT2D eigenvalue weighted by Gasteiger charge is 2.16. The van der Waals surface area contributed by atoms with Crippen LogP contribution in [0.3, 0.4) is 0 Å². The molecule has 0 atom stereocenters. The lowest BCUT2D eigenvalue weighted by molar-refractivity contribution is -0.113. The summed E-state index contributed by atoms with van der Waals surface area (Å²) in [6.45, 7) is 3.84. The van der Waals surface area contributed by atoms with Crippen molar-refractivity contribution in [2.24, 2.45) is 0 Å². The third-order valence-corrected chi connectivity index (χ3v) is 4.14. The number of benzene rings is 2. The van der Waals surface area contributed by atoms with Crippen LogP contribution in [0.1, 0.15) is 30.0 Å². The van der Waals surface area contributed by atoms with E-state index in [1.807, 2.05) is 13.8 Å². The number of hydrogen-bond donors (Lipinski definition) is 2. The van der Waals surface area contributed by atoms with Gasteiger partial charge in [-0.05, 0) is 62.4 Å². The molecule has 2 aromatic carbocycles. The maximum absolute atomic E-state index is 12.9. The molecule has 0 spiro atoms. The van der Waals surface area contributed by atoms with Gasteiger partial charge >= 0.3 is 0 Å². The fourth-order valence-electron chi connectivity index (χ4n) is 2.73. The molecule has 2 N–H and O–H groups in total. The number of anilines is 1. The Morgan fingerprint density at radius 1 is 1.00 bits per heavy atom. The zero-order valence-electron chi connectivity index (χ0n) is 17.5. The highest BCUT2D eigenvalue weighted by Crippen LogP contribution is 2.19. The molecule has 0 bridgehead atoms. The maximum atomic E-state index is 12.9. The first-order chi connectivity index (χ1) is 14.9. The Labute approximate surface area is 180 Å². The second-order valence-corrected chi connectivity index (χ2v) is 6.90.